The van der Waals surface area contributed by atoms with E-state index >= 15 is 0 Å². The quantitative estimate of drug-likeness (QED) is 0.854. The van der Waals surface area contributed by atoms with Crippen LogP contribution in [-0.4, -0.2) is 9.72 Å². The topological polar surface area (TPSA) is 43.0 Å². The molecule has 86 valence electrons. The lowest BCUT2D eigenvalue weighted by molar-refractivity contribution is 0.392. The molecule has 4 heteroatoms. The zero-order valence-electron chi connectivity index (χ0n) is 9.95. The molecule has 0 bridgehead atoms. The predicted octanol–water partition coefficient (Wildman–Crippen LogP) is 1.92. The molecule has 2 rings (SSSR count). The second-order valence-electron chi connectivity index (χ2n) is 4.09. The molecule has 0 unspecified atom stereocenters. The summed E-state index contributed by atoms with van der Waals surface area (Å²) in [5.74, 6) is 0.901. The van der Waals surface area contributed by atoms with Crippen molar-refractivity contribution in [3.8, 4) is 0 Å². The average molecular weight is 219 g/mol. The molecule has 16 heavy (non-hydrogen) atoms. The second-order valence-corrected chi connectivity index (χ2v) is 4.09. The normalized spacial score (nSPS) is 10.9. The van der Waals surface area contributed by atoms with Crippen LogP contribution in [0, 0.1) is 13.8 Å². The Morgan fingerprint density at radius 1 is 1.38 bits per heavy atom. The third-order valence-electron chi connectivity index (χ3n) is 2.71. The fourth-order valence-electron chi connectivity index (χ4n) is 1.75. The minimum atomic E-state index is 0.802. The summed E-state index contributed by atoms with van der Waals surface area (Å²) < 4.78 is 7.16. The summed E-state index contributed by atoms with van der Waals surface area (Å²) in [6.07, 6.45) is 4.16. The average Bonchev–Trinajstić information content (AvgIpc) is 2.78. The number of rotatable bonds is 4. The molecule has 0 saturated heterocycles. The largest absolute Gasteiger partial charge is 0.361 e. The Labute approximate surface area is 95.2 Å². The van der Waals surface area contributed by atoms with Gasteiger partial charge in [-0.2, -0.15) is 0 Å². The molecule has 4 nitrogen and oxygen atoms in total. The number of aromatic nitrogens is 2. The lowest BCUT2D eigenvalue weighted by atomic mass is 10.2. The Balaban J connectivity index is 1.89. The van der Waals surface area contributed by atoms with Gasteiger partial charge in [-0.3, -0.25) is 0 Å². The van der Waals surface area contributed by atoms with E-state index in [1.165, 1.54) is 5.56 Å². The molecular weight excluding hydrogens is 202 g/mol. The molecule has 0 fully saturated rings. The van der Waals surface area contributed by atoms with Crippen molar-refractivity contribution in [2.75, 3.05) is 0 Å². The fourth-order valence-corrected chi connectivity index (χ4v) is 1.75. The van der Waals surface area contributed by atoms with Gasteiger partial charge in [-0.25, -0.2) is 0 Å². The van der Waals surface area contributed by atoms with E-state index in [4.69, 9.17) is 4.52 Å². The van der Waals surface area contributed by atoms with Crippen molar-refractivity contribution in [3.05, 3.63) is 41.0 Å². The van der Waals surface area contributed by atoms with Gasteiger partial charge in [-0.1, -0.05) is 5.16 Å². The highest BCUT2D eigenvalue weighted by atomic mass is 16.5. The van der Waals surface area contributed by atoms with Gasteiger partial charge in [0.1, 0.15) is 5.76 Å². The van der Waals surface area contributed by atoms with Crippen LogP contribution in [0.15, 0.2) is 23.0 Å². The number of hydrogen-bond donors (Lipinski definition) is 1. The van der Waals surface area contributed by atoms with Crippen molar-refractivity contribution < 1.29 is 4.52 Å². The highest BCUT2D eigenvalue weighted by Gasteiger charge is 2.07. The van der Waals surface area contributed by atoms with E-state index in [9.17, 15) is 0 Å². The Hall–Kier alpha value is -1.55. The smallest absolute Gasteiger partial charge is 0.138 e. The van der Waals surface area contributed by atoms with Gasteiger partial charge in [0.15, 0.2) is 0 Å². The first-order valence-electron chi connectivity index (χ1n) is 5.40. The van der Waals surface area contributed by atoms with E-state index in [1.54, 1.807) is 0 Å². The van der Waals surface area contributed by atoms with Gasteiger partial charge in [-0.05, 0) is 25.5 Å². The SMILES string of the molecule is Cc1noc(C)c1CNCc1ccn(C)c1. The lowest BCUT2D eigenvalue weighted by Crippen LogP contribution is -2.13. The Kier molecular flexibility index (Phi) is 3.10. The maximum Gasteiger partial charge on any atom is 0.138 e. The van der Waals surface area contributed by atoms with Gasteiger partial charge < -0.3 is 14.4 Å². The number of nitrogens with zero attached hydrogens (tertiary/aromatic N) is 2. The molecule has 0 amide bonds. The van der Waals surface area contributed by atoms with Crippen LogP contribution in [0.5, 0.6) is 0 Å². The van der Waals surface area contributed by atoms with Gasteiger partial charge in [0, 0.05) is 38.1 Å². The van der Waals surface area contributed by atoms with Crippen LogP contribution in [0.3, 0.4) is 0 Å². The van der Waals surface area contributed by atoms with Crippen molar-refractivity contribution in [1.82, 2.24) is 15.0 Å². The molecule has 2 heterocycles. The monoisotopic (exact) mass is 219 g/mol. The predicted molar refractivity (Wildman–Crippen MR) is 61.9 cm³/mol. The van der Waals surface area contributed by atoms with Crippen LogP contribution < -0.4 is 5.32 Å². The van der Waals surface area contributed by atoms with Crippen molar-refractivity contribution >= 4 is 0 Å². The van der Waals surface area contributed by atoms with Crippen LogP contribution in [0.4, 0.5) is 0 Å². The molecule has 0 radical (unpaired) electrons. The summed E-state index contributed by atoms with van der Waals surface area (Å²) >= 11 is 0. The number of aryl methyl sites for hydroxylation is 3. The maximum atomic E-state index is 5.11. The molecule has 1 N–H and O–H groups in total. The van der Waals surface area contributed by atoms with Gasteiger partial charge in [0.25, 0.3) is 0 Å². The molecule has 0 aromatic carbocycles. The van der Waals surface area contributed by atoms with E-state index in [1.807, 2.05) is 31.7 Å². The summed E-state index contributed by atoms with van der Waals surface area (Å²) in [6.45, 7) is 5.58. The van der Waals surface area contributed by atoms with Gasteiger partial charge >= 0.3 is 0 Å². The van der Waals surface area contributed by atoms with Gasteiger partial charge in [0.2, 0.25) is 0 Å². The third-order valence-corrected chi connectivity index (χ3v) is 2.71. The second kappa shape index (κ2) is 4.53. The van der Waals surface area contributed by atoms with Gasteiger partial charge in [-0.15, -0.1) is 0 Å². The zero-order valence-corrected chi connectivity index (χ0v) is 9.95. The summed E-state index contributed by atoms with van der Waals surface area (Å²) in [7, 11) is 2.03. The molecule has 0 saturated carbocycles. The van der Waals surface area contributed by atoms with Crippen LogP contribution >= 0.6 is 0 Å². The van der Waals surface area contributed by atoms with Crippen molar-refractivity contribution in [3.63, 3.8) is 0 Å². The molecule has 0 atom stereocenters. The lowest BCUT2D eigenvalue weighted by Gasteiger charge is -2.02. The van der Waals surface area contributed by atoms with Crippen molar-refractivity contribution in [1.29, 1.82) is 0 Å². The Morgan fingerprint density at radius 3 is 2.75 bits per heavy atom. The highest BCUT2D eigenvalue weighted by Crippen LogP contribution is 2.11. The van der Waals surface area contributed by atoms with Crippen LogP contribution in [-0.2, 0) is 20.1 Å². The first kappa shape index (κ1) is 11.0. The van der Waals surface area contributed by atoms with E-state index < -0.39 is 0 Å². The van der Waals surface area contributed by atoms with Crippen molar-refractivity contribution in [2.24, 2.45) is 7.05 Å². The van der Waals surface area contributed by atoms with E-state index in [-0.39, 0.29) is 0 Å². The first-order valence-corrected chi connectivity index (χ1v) is 5.40. The minimum Gasteiger partial charge on any atom is -0.361 e. The first-order chi connectivity index (χ1) is 7.66. The number of nitrogens with one attached hydrogen (secondary N) is 1. The zero-order chi connectivity index (χ0) is 11.5. The summed E-state index contributed by atoms with van der Waals surface area (Å²) in [5, 5.41) is 7.31. The van der Waals surface area contributed by atoms with Gasteiger partial charge in [0.05, 0.1) is 5.69 Å². The fraction of sp³-hybridized carbons (Fsp3) is 0.417. The maximum absolute atomic E-state index is 5.11. The Morgan fingerprint density at radius 2 is 2.19 bits per heavy atom. The molecule has 2 aromatic rings. The molecule has 2 aromatic heterocycles. The molecule has 0 aliphatic heterocycles. The van der Waals surface area contributed by atoms with E-state index in [2.05, 4.69) is 22.7 Å². The number of hydrogen-bond acceptors (Lipinski definition) is 3. The molecule has 0 aliphatic carbocycles. The molecular formula is C12H17N3O. The highest BCUT2D eigenvalue weighted by molar-refractivity contribution is 5.20. The van der Waals surface area contributed by atoms with Crippen LogP contribution in [0.25, 0.3) is 0 Å². The summed E-state index contributed by atoms with van der Waals surface area (Å²) in [6, 6.07) is 2.11. The molecule has 0 aliphatic rings. The Bertz CT molecular complexity index is 451. The summed E-state index contributed by atoms with van der Waals surface area (Å²) in [5.41, 5.74) is 3.42. The van der Waals surface area contributed by atoms with Crippen LogP contribution in [0.1, 0.15) is 22.6 Å². The third kappa shape index (κ3) is 2.33. The van der Waals surface area contributed by atoms with E-state index in [0.717, 1.165) is 30.1 Å². The van der Waals surface area contributed by atoms with Crippen molar-refractivity contribution in [2.45, 2.75) is 26.9 Å². The molecule has 0 spiro atoms. The van der Waals surface area contributed by atoms with E-state index in [0.29, 0.717) is 0 Å². The van der Waals surface area contributed by atoms with Crippen LogP contribution in [0.2, 0.25) is 0 Å². The summed E-state index contributed by atoms with van der Waals surface area (Å²) in [4.78, 5) is 0. The minimum absolute atomic E-state index is 0.802. The standard InChI is InChI=1S/C12H17N3O/c1-9-12(10(2)16-14-9)7-13-6-11-4-5-15(3)8-11/h4-5,8,13H,6-7H2,1-3H3.